The van der Waals surface area contributed by atoms with Gasteiger partial charge in [0.1, 0.15) is 12.0 Å². The SMILES string of the molecule is CCCCN(CC1CCCN1)c1ncc([N+](=O)[O-])cc1C. The molecule has 2 rings (SSSR count). The van der Waals surface area contributed by atoms with E-state index in [1.807, 2.05) is 6.92 Å². The van der Waals surface area contributed by atoms with Gasteiger partial charge < -0.3 is 10.2 Å². The molecule has 1 atom stereocenters. The first-order valence-electron chi connectivity index (χ1n) is 7.71. The van der Waals surface area contributed by atoms with E-state index in [1.165, 1.54) is 19.0 Å². The summed E-state index contributed by atoms with van der Waals surface area (Å²) in [4.78, 5) is 17.1. The number of nitro groups is 1. The number of hydrogen-bond acceptors (Lipinski definition) is 5. The van der Waals surface area contributed by atoms with Crippen LogP contribution in [0.3, 0.4) is 0 Å². The monoisotopic (exact) mass is 292 g/mol. The molecule has 1 aromatic heterocycles. The summed E-state index contributed by atoms with van der Waals surface area (Å²) in [6.45, 7) is 7.02. The molecule has 1 unspecified atom stereocenters. The average Bonchev–Trinajstić information content (AvgIpc) is 2.96. The first-order valence-corrected chi connectivity index (χ1v) is 7.71. The summed E-state index contributed by atoms with van der Waals surface area (Å²) in [7, 11) is 0. The molecule has 116 valence electrons. The van der Waals surface area contributed by atoms with Crippen molar-refractivity contribution in [2.24, 2.45) is 0 Å². The molecule has 6 heteroatoms. The number of nitrogens with one attached hydrogen (secondary N) is 1. The van der Waals surface area contributed by atoms with Gasteiger partial charge in [-0.2, -0.15) is 0 Å². The summed E-state index contributed by atoms with van der Waals surface area (Å²) in [5.41, 5.74) is 0.934. The molecule has 1 aromatic rings. The van der Waals surface area contributed by atoms with Crippen molar-refractivity contribution in [3.8, 4) is 0 Å². The molecular formula is C15H24N4O2. The maximum Gasteiger partial charge on any atom is 0.287 e. The number of aryl methyl sites for hydroxylation is 1. The molecule has 0 aliphatic carbocycles. The highest BCUT2D eigenvalue weighted by molar-refractivity contribution is 5.50. The van der Waals surface area contributed by atoms with E-state index in [2.05, 4.69) is 22.1 Å². The Balaban J connectivity index is 2.16. The molecule has 2 heterocycles. The van der Waals surface area contributed by atoms with Crippen molar-refractivity contribution in [1.82, 2.24) is 10.3 Å². The topological polar surface area (TPSA) is 71.3 Å². The maximum absolute atomic E-state index is 10.8. The van der Waals surface area contributed by atoms with Gasteiger partial charge >= 0.3 is 0 Å². The van der Waals surface area contributed by atoms with Gasteiger partial charge in [-0.25, -0.2) is 4.98 Å². The quantitative estimate of drug-likeness (QED) is 0.618. The van der Waals surface area contributed by atoms with Crippen molar-refractivity contribution in [3.63, 3.8) is 0 Å². The Labute approximate surface area is 125 Å². The fourth-order valence-corrected chi connectivity index (χ4v) is 2.79. The lowest BCUT2D eigenvalue weighted by Crippen LogP contribution is -2.39. The highest BCUT2D eigenvalue weighted by Crippen LogP contribution is 2.23. The Hall–Kier alpha value is -1.69. The molecule has 21 heavy (non-hydrogen) atoms. The molecular weight excluding hydrogens is 268 g/mol. The molecule has 1 fully saturated rings. The van der Waals surface area contributed by atoms with Crippen LogP contribution in [0.5, 0.6) is 0 Å². The van der Waals surface area contributed by atoms with Crippen LogP contribution in [0.2, 0.25) is 0 Å². The largest absolute Gasteiger partial charge is 0.355 e. The maximum atomic E-state index is 10.8. The zero-order chi connectivity index (χ0) is 15.2. The number of nitrogens with zero attached hydrogens (tertiary/aromatic N) is 3. The number of hydrogen-bond donors (Lipinski definition) is 1. The molecule has 0 radical (unpaired) electrons. The van der Waals surface area contributed by atoms with Crippen LogP contribution in [0, 0.1) is 17.0 Å². The number of pyridine rings is 1. The molecule has 1 aliphatic heterocycles. The minimum absolute atomic E-state index is 0.0608. The minimum atomic E-state index is -0.390. The third-order valence-electron chi connectivity index (χ3n) is 3.93. The van der Waals surface area contributed by atoms with Crippen molar-refractivity contribution < 1.29 is 4.92 Å². The van der Waals surface area contributed by atoms with Crippen LogP contribution in [-0.2, 0) is 0 Å². The van der Waals surface area contributed by atoms with Gasteiger partial charge in [0.2, 0.25) is 0 Å². The van der Waals surface area contributed by atoms with E-state index in [9.17, 15) is 10.1 Å². The van der Waals surface area contributed by atoms with Gasteiger partial charge in [0.25, 0.3) is 5.69 Å². The highest BCUT2D eigenvalue weighted by atomic mass is 16.6. The third-order valence-corrected chi connectivity index (χ3v) is 3.93. The molecule has 1 saturated heterocycles. The zero-order valence-electron chi connectivity index (χ0n) is 12.8. The fraction of sp³-hybridized carbons (Fsp3) is 0.667. The normalized spacial score (nSPS) is 17.9. The Morgan fingerprint density at radius 1 is 1.57 bits per heavy atom. The summed E-state index contributed by atoms with van der Waals surface area (Å²) in [6, 6.07) is 2.11. The summed E-state index contributed by atoms with van der Waals surface area (Å²) < 4.78 is 0. The van der Waals surface area contributed by atoms with E-state index in [1.54, 1.807) is 6.07 Å². The van der Waals surface area contributed by atoms with Crippen LogP contribution in [-0.4, -0.2) is 35.6 Å². The van der Waals surface area contributed by atoms with Gasteiger partial charge in [0.15, 0.2) is 0 Å². The predicted molar refractivity (Wildman–Crippen MR) is 83.8 cm³/mol. The number of anilines is 1. The second kappa shape index (κ2) is 7.36. The van der Waals surface area contributed by atoms with Gasteiger partial charge in [-0.1, -0.05) is 13.3 Å². The third kappa shape index (κ3) is 4.14. The molecule has 6 nitrogen and oxygen atoms in total. The van der Waals surface area contributed by atoms with Gasteiger partial charge in [0, 0.05) is 25.2 Å². The van der Waals surface area contributed by atoms with Crippen LogP contribution < -0.4 is 10.2 Å². The predicted octanol–water partition coefficient (Wildman–Crippen LogP) is 2.66. The Kier molecular flexibility index (Phi) is 5.50. The van der Waals surface area contributed by atoms with Crippen molar-refractivity contribution >= 4 is 11.5 Å². The molecule has 0 spiro atoms. The molecule has 0 saturated carbocycles. The smallest absolute Gasteiger partial charge is 0.287 e. The Morgan fingerprint density at radius 3 is 2.95 bits per heavy atom. The second-order valence-corrected chi connectivity index (χ2v) is 5.68. The zero-order valence-corrected chi connectivity index (χ0v) is 12.8. The van der Waals surface area contributed by atoms with E-state index >= 15 is 0 Å². The number of rotatable bonds is 7. The summed E-state index contributed by atoms with van der Waals surface area (Å²) in [5.74, 6) is 0.878. The average molecular weight is 292 g/mol. The van der Waals surface area contributed by atoms with Gasteiger partial charge in [-0.3, -0.25) is 10.1 Å². The lowest BCUT2D eigenvalue weighted by molar-refractivity contribution is -0.385. The lowest BCUT2D eigenvalue weighted by Gasteiger charge is -2.28. The van der Waals surface area contributed by atoms with Crippen molar-refractivity contribution in [1.29, 1.82) is 0 Å². The van der Waals surface area contributed by atoms with E-state index in [0.717, 1.165) is 43.9 Å². The standard InChI is InChI=1S/C15H24N4O2/c1-3-4-8-18(11-13-6-5-7-16-13)15-12(2)9-14(10-17-15)19(20)21/h9-10,13,16H,3-8,11H2,1-2H3. The van der Waals surface area contributed by atoms with Crippen LogP contribution in [0.4, 0.5) is 11.5 Å². The van der Waals surface area contributed by atoms with Crippen LogP contribution in [0.1, 0.15) is 38.2 Å². The summed E-state index contributed by atoms with van der Waals surface area (Å²) >= 11 is 0. The van der Waals surface area contributed by atoms with E-state index in [-0.39, 0.29) is 5.69 Å². The van der Waals surface area contributed by atoms with Crippen molar-refractivity contribution in [2.45, 2.75) is 45.6 Å². The summed E-state index contributed by atoms with van der Waals surface area (Å²) in [5, 5.41) is 14.3. The minimum Gasteiger partial charge on any atom is -0.355 e. The van der Waals surface area contributed by atoms with Crippen molar-refractivity contribution in [2.75, 3.05) is 24.5 Å². The Bertz CT molecular complexity index is 487. The van der Waals surface area contributed by atoms with Crippen LogP contribution in [0.25, 0.3) is 0 Å². The molecule has 0 aromatic carbocycles. The summed E-state index contributed by atoms with van der Waals surface area (Å²) in [6.07, 6.45) is 6.00. The van der Waals surface area contributed by atoms with Gasteiger partial charge in [-0.15, -0.1) is 0 Å². The van der Waals surface area contributed by atoms with E-state index in [4.69, 9.17) is 0 Å². The highest BCUT2D eigenvalue weighted by Gasteiger charge is 2.20. The first kappa shape index (κ1) is 15.7. The second-order valence-electron chi connectivity index (χ2n) is 5.68. The molecule has 1 N–H and O–H groups in total. The van der Waals surface area contributed by atoms with Crippen LogP contribution in [0.15, 0.2) is 12.3 Å². The first-order chi connectivity index (χ1) is 10.1. The van der Waals surface area contributed by atoms with Gasteiger partial charge in [-0.05, 0) is 38.3 Å². The number of aromatic nitrogens is 1. The molecule has 0 bridgehead atoms. The van der Waals surface area contributed by atoms with Crippen molar-refractivity contribution in [3.05, 3.63) is 27.9 Å². The lowest BCUT2D eigenvalue weighted by atomic mass is 10.1. The molecule has 0 amide bonds. The van der Waals surface area contributed by atoms with E-state index < -0.39 is 4.92 Å². The Morgan fingerprint density at radius 2 is 2.38 bits per heavy atom. The number of unbranched alkanes of at least 4 members (excludes halogenated alkanes) is 1. The van der Waals surface area contributed by atoms with E-state index in [0.29, 0.717) is 6.04 Å². The fourth-order valence-electron chi connectivity index (χ4n) is 2.79. The molecule has 1 aliphatic rings. The van der Waals surface area contributed by atoms with Gasteiger partial charge in [0.05, 0.1) is 4.92 Å². The van der Waals surface area contributed by atoms with Crippen LogP contribution >= 0.6 is 0 Å².